The largest absolute Gasteiger partial charge is 0.449 e. The lowest BCUT2D eigenvalue weighted by Crippen LogP contribution is -2.67. The van der Waals surface area contributed by atoms with E-state index in [1.807, 2.05) is 30.3 Å². The second kappa shape index (κ2) is 6.92. The first-order chi connectivity index (χ1) is 9.24. The van der Waals surface area contributed by atoms with Crippen LogP contribution in [0.1, 0.15) is 5.56 Å². The van der Waals surface area contributed by atoms with Crippen molar-refractivity contribution >= 4 is 17.0 Å². The van der Waals surface area contributed by atoms with E-state index in [1.165, 1.54) is 0 Å². The number of β-amino-alcohol motifs (C(OH)–C–C–N with tert-alkyl or cyclic N) is 1. The Kier molecular flexibility index (Phi) is 5.79. The van der Waals surface area contributed by atoms with Gasteiger partial charge in [0.1, 0.15) is 6.61 Å². The molecule has 0 spiro atoms. The smallest absolute Gasteiger partial charge is 0.419 e. The summed E-state index contributed by atoms with van der Waals surface area (Å²) in [7, 11) is 0. The van der Waals surface area contributed by atoms with Crippen molar-refractivity contribution in [1.29, 1.82) is 0 Å². The summed E-state index contributed by atoms with van der Waals surface area (Å²) in [6, 6.07) is 9.36. The van der Waals surface area contributed by atoms with Gasteiger partial charge in [-0.15, -0.1) is 0 Å². The SMILES string of the molecule is O=C(Cl)OCc1ccccc1.OC1(C(F)(F)F)CNC1. The number of nitrogens with one attached hydrogen (secondary N) is 1. The average Bonchev–Trinajstić information content (AvgIpc) is 2.34. The van der Waals surface area contributed by atoms with Crippen LogP contribution < -0.4 is 5.32 Å². The van der Waals surface area contributed by atoms with E-state index in [0.29, 0.717) is 0 Å². The van der Waals surface area contributed by atoms with E-state index < -0.39 is 17.2 Å². The molecule has 2 N–H and O–H groups in total. The number of halogens is 4. The van der Waals surface area contributed by atoms with Crippen LogP contribution >= 0.6 is 11.6 Å². The molecular formula is C12H13ClF3NO3. The summed E-state index contributed by atoms with van der Waals surface area (Å²) in [5.74, 6) is 0. The minimum absolute atomic E-state index is 0.239. The first-order valence-electron chi connectivity index (χ1n) is 5.60. The maximum absolute atomic E-state index is 11.6. The number of hydrogen-bond acceptors (Lipinski definition) is 4. The first-order valence-corrected chi connectivity index (χ1v) is 5.98. The van der Waals surface area contributed by atoms with Gasteiger partial charge >= 0.3 is 11.6 Å². The third-order valence-electron chi connectivity index (χ3n) is 2.56. The Labute approximate surface area is 118 Å². The molecule has 20 heavy (non-hydrogen) atoms. The van der Waals surface area contributed by atoms with Gasteiger partial charge in [-0.2, -0.15) is 13.2 Å². The maximum Gasteiger partial charge on any atom is 0.419 e. The monoisotopic (exact) mass is 311 g/mol. The number of benzene rings is 1. The van der Waals surface area contributed by atoms with Gasteiger partial charge in [0.15, 0.2) is 5.60 Å². The summed E-state index contributed by atoms with van der Waals surface area (Å²) in [6.07, 6.45) is -4.47. The minimum atomic E-state index is -4.47. The van der Waals surface area contributed by atoms with Gasteiger partial charge in [0, 0.05) is 24.7 Å². The van der Waals surface area contributed by atoms with E-state index >= 15 is 0 Å². The fourth-order valence-electron chi connectivity index (χ4n) is 1.28. The lowest BCUT2D eigenvalue weighted by atomic mass is 9.97. The van der Waals surface area contributed by atoms with Gasteiger partial charge in [0.2, 0.25) is 0 Å². The second-order valence-electron chi connectivity index (χ2n) is 4.14. The molecule has 0 unspecified atom stereocenters. The van der Waals surface area contributed by atoms with E-state index in [1.54, 1.807) is 0 Å². The van der Waals surface area contributed by atoms with Crippen LogP contribution in [0, 0.1) is 0 Å². The summed E-state index contributed by atoms with van der Waals surface area (Å²) >= 11 is 4.97. The molecule has 1 aromatic rings. The Morgan fingerprint density at radius 2 is 1.90 bits per heavy atom. The van der Waals surface area contributed by atoms with Gasteiger partial charge < -0.3 is 15.2 Å². The number of ether oxygens (including phenoxy) is 1. The highest BCUT2D eigenvalue weighted by Crippen LogP contribution is 2.32. The van der Waals surface area contributed by atoms with Gasteiger partial charge in [-0.25, -0.2) is 4.79 Å². The van der Waals surface area contributed by atoms with Crippen molar-refractivity contribution in [1.82, 2.24) is 5.32 Å². The Morgan fingerprint density at radius 1 is 1.35 bits per heavy atom. The van der Waals surface area contributed by atoms with Crippen molar-refractivity contribution in [3.05, 3.63) is 35.9 Å². The number of hydrogen-bond donors (Lipinski definition) is 2. The molecule has 0 atom stereocenters. The topological polar surface area (TPSA) is 58.6 Å². The van der Waals surface area contributed by atoms with Crippen LogP contribution in [0.3, 0.4) is 0 Å². The number of alkyl halides is 3. The second-order valence-corrected chi connectivity index (χ2v) is 4.45. The molecule has 0 radical (unpaired) electrons. The Bertz CT molecular complexity index is 435. The van der Waals surface area contributed by atoms with E-state index in [9.17, 15) is 18.0 Å². The molecule has 112 valence electrons. The Morgan fingerprint density at radius 3 is 2.20 bits per heavy atom. The molecule has 0 bridgehead atoms. The van der Waals surface area contributed by atoms with E-state index in [-0.39, 0.29) is 19.7 Å². The molecule has 0 aliphatic carbocycles. The lowest BCUT2D eigenvalue weighted by Gasteiger charge is -2.38. The standard InChI is InChI=1S/C8H7ClO2.C4H6F3NO/c9-8(10)11-6-7-4-2-1-3-5-7;5-4(6,7)3(9)1-8-2-3/h1-5H,6H2;8-9H,1-2H2. The van der Waals surface area contributed by atoms with Crippen molar-refractivity contribution in [2.75, 3.05) is 13.1 Å². The van der Waals surface area contributed by atoms with Crippen LogP contribution in [0.25, 0.3) is 0 Å². The molecule has 1 heterocycles. The van der Waals surface area contributed by atoms with Crippen LogP contribution in [0.4, 0.5) is 18.0 Å². The predicted octanol–water partition coefficient (Wildman–Crippen LogP) is 2.44. The summed E-state index contributed by atoms with van der Waals surface area (Å²) in [5, 5.41) is 10.9. The van der Waals surface area contributed by atoms with Crippen LogP contribution in [0.15, 0.2) is 30.3 Å². The minimum Gasteiger partial charge on any atom is -0.449 e. The van der Waals surface area contributed by atoms with Crippen LogP contribution in [0.5, 0.6) is 0 Å². The van der Waals surface area contributed by atoms with Gasteiger partial charge in [0.25, 0.3) is 0 Å². The predicted molar refractivity (Wildman–Crippen MR) is 66.4 cm³/mol. The summed E-state index contributed by atoms with van der Waals surface area (Å²) in [4.78, 5) is 10.2. The molecule has 1 aliphatic rings. The van der Waals surface area contributed by atoms with Crippen LogP contribution in [-0.2, 0) is 11.3 Å². The van der Waals surface area contributed by atoms with Crippen molar-refractivity contribution in [2.45, 2.75) is 18.4 Å². The van der Waals surface area contributed by atoms with E-state index in [4.69, 9.17) is 16.7 Å². The summed E-state index contributed by atoms with van der Waals surface area (Å²) < 4.78 is 39.3. The third-order valence-corrected chi connectivity index (χ3v) is 2.67. The molecule has 0 amide bonds. The highest BCUT2D eigenvalue weighted by Gasteiger charge is 2.57. The van der Waals surface area contributed by atoms with Gasteiger partial charge in [0.05, 0.1) is 0 Å². The van der Waals surface area contributed by atoms with Crippen LogP contribution in [-0.4, -0.2) is 35.4 Å². The van der Waals surface area contributed by atoms with Gasteiger partial charge in [-0.1, -0.05) is 30.3 Å². The molecular weight excluding hydrogens is 299 g/mol. The zero-order valence-electron chi connectivity index (χ0n) is 10.3. The zero-order chi connectivity index (χ0) is 15.2. The molecule has 1 aliphatic heterocycles. The lowest BCUT2D eigenvalue weighted by molar-refractivity contribution is -0.274. The molecule has 0 aromatic heterocycles. The third kappa shape index (κ3) is 4.99. The molecule has 8 heteroatoms. The molecule has 1 fully saturated rings. The fraction of sp³-hybridized carbons (Fsp3) is 0.417. The summed E-state index contributed by atoms with van der Waals surface area (Å²) in [6.45, 7) is -0.518. The quantitative estimate of drug-likeness (QED) is 0.824. The van der Waals surface area contributed by atoms with E-state index in [2.05, 4.69) is 10.1 Å². The number of rotatable bonds is 2. The molecule has 0 saturated carbocycles. The Hall–Kier alpha value is -1.31. The molecule has 1 saturated heterocycles. The van der Waals surface area contributed by atoms with Crippen LogP contribution in [0.2, 0.25) is 0 Å². The number of aliphatic hydroxyl groups is 1. The Balaban J connectivity index is 0.000000204. The maximum atomic E-state index is 11.6. The number of carbonyl (C=O) groups excluding carboxylic acids is 1. The zero-order valence-corrected chi connectivity index (χ0v) is 11.0. The normalized spacial score (nSPS) is 16.4. The molecule has 1 aromatic carbocycles. The van der Waals surface area contributed by atoms with Crippen molar-refractivity contribution < 1.29 is 27.8 Å². The first kappa shape index (κ1) is 16.7. The molecule has 4 nitrogen and oxygen atoms in total. The average molecular weight is 312 g/mol. The van der Waals surface area contributed by atoms with E-state index in [0.717, 1.165) is 5.56 Å². The van der Waals surface area contributed by atoms with Gasteiger partial charge in [-0.05, 0) is 5.56 Å². The van der Waals surface area contributed by atoms with Crippen molar-refractivity contribution in [3.63, 3.8) is 0 Å². The highest BCUT2D eigenvalue weighted by molar-refractivity contribution is 6.61. The highest BCUT2D eigenvalue weighted by atomic mass is 35.5. The van der Waals surface area contributed by atoms with Gasteiger partial charge in [-0.3, -0.25) is 0 Å². The fourth-order valence-corrected chi connectivity index (χ4v) is 1.33. The van der Waals surface area contributed by atoms with Crippen molar-refractivity contribution in [2.24, 2.45) is 0 Å². The summed E-state index contributed by atoms with van der Waals surface area (Å²) in [5.41, 5.74) is -2.29. The van der Waals surface area contributed by atoms with Crippen molar-refractivity contribution in [3.8, 4) is 0 Å². The molecule has 2 rings (SSSR count). The number of carbonyl (C=O) groups is 1.